The quantitative estimate of drug-likeness (QED) is 0.153. The summed E-state index contributed by atoms with van der Waals surface area (Å²) in [6.07, 6.45) is 6.66. The molecular weight excluding hydrogens is 845 g/mol. The topological polar surface area (TPSA) is 6.48 Å². The Kier molecular flexibility index (Phi) is 8.84. The molecule has 3 aliphatic carbocycles. The van der Waals surface area contributed by atoms with Crippen LogP contribution >= 0.6 is 0 Å². The van der Waals surface area contributed by atoms with Crippen molar-refractivity contribution in [2.45, 2.75) is 51.4 Å². The van der Waals surface area contributed by atoms with Crippen LogP contribution < -0.4 is 9.80 Å². The lowest BCUT2D eigenvalue weighted by Crippen LogP contribution is -2.18. The molecule has 0 aromatic heterocycles. The first-order chi connectivity index (χ1) is 34.3. The van der Waals surface area contributed by atoms with Crippen molar-refractivity contribution >= 4 is 83.3 Å². The fraction of sp³-hybridized carbons (Fsp3) is 0.118. The molecule has 0 saturated carbocycles. The van der Waals surface area contributed by atoms with Crippen molar-refractivity contribution in [3.8, 4) is 22.3 Å². The van der Waals surface area contributed by atoms with E-state index in [4.69, 9.17) is 0 Å². The molecule has 0 N–H and O–H groups in total. The number of hydrogen-bond acceptors (Lipinski definition) is 2. The van der Waals surface area contributed by atoms with E-state index in [2.05, 4.69) is 256 Å². The van der Waals surface area contributed by atoms with E-state index in [1.165, 1.54) is 116 Å². The van der Waals surface area contributed by atoms with Gasteiger partial charge in [0.25, 0.3) is 0 Å². The number of nitrogens with zero attached hydrogens (tertiary/aromatic N) is 2. The van der Waals surface area contributed by atoms with Gasteiger partial charge in [-0.3, -0.25) is 0 Å². The summed E-state index contributed by atoms with van der Waals surface area (Å²) in [6.45, 7) is 9.54. The normalized spacial score (nSPS) is 14.6. The molecule has 0 radical (unpaired) electrons. The van der Waals surface area contributed by atoms with Gasteiger partial charge in [-0.1, -0.05) is 198 Å². The lowest BCUT2D eigenvalue weighted by molar-refractivity contribution is 0.660. The molecule has 0 bridgehead atoms. The van der Waals surface area contributed by atoms with Crippen LogP contribution in [0.2, 0.25) is 0 Å². The molecule has 0 saturated heterocycles. The number of anilines is 6. The van der Waals surface area contributed by atoms with Crippen LogP contribution in [0.5, 0.6) is 0 Å². The molecule has 0 aliphatic heterocycles. The second-order valence-electron chi connectivity index (χ2n) is 20.7. The highest BCUT2D eigenvalue weighted by Gasteiger charge is 2.38. The van der Waals surface area contributed by atoms with Gasteiger partial charge in [0.2, 0.25) is 0 Å². The highest BCUT2D eigenvalue weighted by molar-refractivity contribution is 6.25. The smallest absolute Gasteiger partial charge is 0.0546 e. The zero-order chi connectivity index (χ0) is 46.9. The molecule has 0 heterocycles. The Hall–Kier alpha value is -8.20. The fourth-order valence-corrected chi connectivity index (χ4v) is 12.8. The molecule has 2 nitrogen and oxygen atoms in total. The summed E-state index contributed by atoms with van der Waals surface area (Å²) < 4.78 is 0. The maximum atomic E-state index is 2.59. The Morgan fingerprint density at radius 3 is 1.40 bits per heavy atom. The van der Waals surface area contributed by atoms with Gasteiger partial charge in [-0.05, 0) is 144 Å². The predicted octanol–water partition coefficient (Wildman–Crippen LogP) is 18.8. The van der Waals surface area contributed by atoms with Crippen molar-refractivity contribution in [1.29, 1.82) is 0 Å². The summed E-state index contributed by atoms with van der Waals surface area (Å²) in [4.78, 5) is 5.14. The van der Waals surface area contributed by atoms with E-state index in [0.717, 1.165) is 29.9 Å². The van der Waals surface area contributed by atoms with E-state index in [1.807, 2.05) is 0 Å². The van der Waals surface area contributed by atoms with Crippen LogP contribution in [0, 0.1) is 0 Å². The maximum Gasteiger partial charge on any atom is 0.0546 e. The molecule has 0 atom stereocenters. The average Bonchev–Trinajstić information content (AvgIpc) is 3.78. The molecule has 0 unspecified atom stereocenters. The minimum Gasteiger partial charge on any atom is -0.310 e. The molecule has 334 valence electrons. The van der Waals surface area contributed by atoms with E-state index >= 15 is 0 Å². The van der Waals surface area contributed by atoms with Gasteiger partial charge in [0, 0.05) is 44.1 Å². The van der Waals surface area contributed by atoms with Crippen LogP contribution in [0.1, 0.15) is 67.5 Å². The van der Waals surface area contributed by atoms with Gasteiger partial charge in [-0.25, -0.2) is 0 Å². The number of fused-ring (bicyclic) bond motifs is 13. The van der Waals surface area contributed by atoms with Crippen molar-refractivity contribution < 1.29 is 0 Å². The first kappa shape index (κ1) is 40.8. The second kappa shape index (κ2) is 15.1. The molecule has 11 aromatic rings. The Morgan fingerprint density at radius 2 is 0.800 bits per heavy atom. The molecule has 14 rings (SSSR count). The Bertz CT molecular complexity index is 4030. The van der Waals surface area contributed by atoms with E-state index in [0.29, 0.717) is 0 Å². The third-order valence-corrected chi connectivity index (χ3v) is 16.3. The van der Waals surface area contributed by atoms with Gasteiger partial charge >= 0.3 is 0 Å². The van der Waals surface area contributed by atoms with Gasteiger partial charge in [-0.15, -0.1) is 0 Å². The van der Waals surface area contributed by atoms with E-state index in [-0.39, 0.29) is 10.8 Å². The van der Waals surface area contributed by atoms with Crippen LogP contribution in [0.3, 0.4) is 0 Å². The fourth-order valence-electron chi connectivity index (χ4n) is 12.8. The zero-order valence-corrected chi connectivity index (χ0v) is 40.1. The van der Waals surface area contributed by atoms with Gasteiger partial charge in [-0.2, -0.15) is 0 Å². The standard InChI is InChI=1S/C68H52N2/c1-67(2)59-31-15-13-27-51(59)53-37-35-45(39-61(53)67)69(63-33-17-21-43-19-5-7-23-47(43)63)65-41-57-50-26-10-12-30-56(50)66(42-58(57)49-25-9-11-29-55(49)65)70(64-34-18-22-44-20-6-8-24-48(44)64)46-36-38-54-52-28-14-16-32-60(52)68(3,4)62(54)40-46/h5-7,9-23,25-42H,8,24H2,1-4H3. The third-order valence-electron chi connectivity index (χ3n) is 16.3. The van der Waals surface area contributed by atoms with Crippen LogP contribution in [-0.2, 0) is 17.3 Å². The zero-order valence-electron chi connectivity index (χ0n) is 40.1. The molecule has 11 aromatic carbocycles. The van der Waals surface area contributed by atoms with Crippen molar-refractivity contribution in [3.63, 3.8) is 0 Å². The Labute approximate surface area is 410 Å². The van der Waals surface area contributed by atoms with Crippen molar-refractivity contribution in [1.82, 2.24) is 0 Å². The monoisotopic (exact) mass is 896 g/mol. The summed E-state index contributed by atoms with van der Waals surface area (Å²) in [5.74, 6) is 0. The van der Waals surface area contributed by atoms with Gasteiger partial charge in [0.05, 0.1) is 17.1 Å². The number of allylic oxidation sites excluding steroid dienone is 1. The van der Waals surface area contributed by atoms with E-state index < -0.39 is 0 Å². The number of benzene rings is 11. The van der Waals surface area contributed by atoms with Gasteiger partial charge in [0.15, 0.2) is 0 Å². The molecule has 0 spiro atoms. The Balaban J connectivity index is 1.05. The lowest BCUT2D eigenvalue weighted by Gasteiger charge is -2.33. The summed E-state index contributed by atoms with van der Waals surface area (Å²) in [5, 5.41) is 9.79. The molecule has 0 amide bonds. The largest absolute Gasteiger partial charge is 0.310 e. The molecule has 0 fully saturated rings. The molecule has 70 heavy (non-hydrogen) atoms. The maximum absolute atomic E-state index is 2.59. The van der Waals surface area contributed by atoms with Crippen LogP contribution in [0.15, 0.2) is 212 Å². The molecule has 2 heteroatoms. The number of rotatable bonds is 6. The Morgan fingerprint density at radius 1 is 0.343 bits per heavy atom. The highest BCUT2D eigenvalue weighted by atomic mass is 15.2. The second-order valence-corrected chi connectivity index (χ2v) is 20.7. The first-order valence-electron chi connectivity index (χ1n) is 25.0. The van der Waals surface area contributed by atoms with Gasteiger partial charge in [0.1, 0.15) is 0 Å². The number of hydrogen-bond donors (Lipinski definition) is 0. The highest BCUT2D eigenvalue weighted by Crippen LogP contribution is 2.55. The summed E-state index contributed by atoms with van der Waals surface area (Å²) in [5.41, 5.74) is 20.3. The first-order valence-corrected chi connectivity index (χ1v) is 25.0. The van der Waals surface area contributed by atoms with E-state index in [9.17, 15) is 0 Å². The lowest BCUT2D eigenvalue weighted by atomic mass is 9.82. The summed E-state index contributed by atoms with van der Waals surface area (Å²) in [6, 6.07) is 78.1. The van der Waals surface area contributed by atoms with Gasteiger partial charge < -0.3 is 9.80 Å². The van der Waals surface area contributed by atoms with E-state index in [1.54, 1.807) is 0 Å². The molecule has 3 aliphatic rings. The van der Waals surface area contributed by atoms with Crippen molar-refractivity contribution in [3.05, 3.63) is 246 Å². The summed E-state index contributed by atoms with van der Waals surface area (Å²) >= 11 is 0. The molecular formula is C68H52N2. The van der Waals surface area contributed by atoms with Crippen molar-refractivity contribution in [2.24, 2.45) is 0 Å². The van der Waals surface area contributed by atoms with Crippen LogP contribution in [-0.4, -0.2) is 0 Å². The predicted molar refractivity (Wildman–Crippen MR) is 298 cm³/mol. The minimum absolute atomic E-state index is 0.140. The average molecular weight is 897 g/mol. The minimum atomic E-state index is -0.150. The van der Waals surface area contributed by atoms with Crippen LogP contribution in [0.25, 0.3) is 71.4 Å². The third kappa shape index (κ3) is 5.86. The SMILES string of the molecule is CC1(C)c2ccccc2-c2ccc(N(c3cccc4c3CCC=C4)c3cc4c5ccccc5c(N(c5ccc6c(c5)C(C)(C)c5ccccc5-6)c5cccc6ccccc56)cc4c4ccccc34)cc21. The van der Waals surface area contributed by atoms with Crippen molar-refractivity contribution in [2.75, 3.05) is 9.80 Å². The van der Waals surface area contributed by atoms with Crippen LogP contribution in [0.4, 0.5) is 34.1 Å². The summed E-state index contributed by atoms with van der Waals surface area (Å²) in [7, 11) is 0.